The number of hydrogen-bond donors (Lipinski definition) is 3. The van der Waals surface area contributed by atoms with Crippen LogP contribution < -0.4 is 5.32 Å². The highest BCUT2D eigenvalue weighted by Gasteiger charge is 2.25. The molecule has 0 spiro atoms. The van der Waals surface area contributed by atoms with E-state index in [0.717, 1.165) is 11.1 Å². The zero-order valence-electron chi connectivity index (χ0n) is 11.7. The van der Waals surface area contributed by atoms with E-state index >= 15 is 0 Å². The van der Waals surface area contributed by atoms with Crippen molar-refractivity contribution in [3.8, 4) is 0 Å². The lowest BCUT2D eigenvalue weighted by molar-refractivity contribution is -0.385. The van der Waals surface area contributed by atoms with Crippen LogP contribution in [0.2, 0.25) is 0 Å². The maximum Gasteiger partial charge on any atom is 0.300 e. The Hall–Kier alpha value is -2.26. The average Bonchev–Trinajstić information content (AvgIpc) is 2.46. The van der Waals surface area contributed by atoms with Crippen LogP contribution in [0, 0.1) is 10.1 Å². The monoisotopic (exact) mass is 298 g/mol. The number of amides is 1. The minimum atomic E-state index is -0.688. The molecule has 3 N–H and O–H groups in total. The minimum Gasteiger partial charge on any atom is -0.395 e. The molecule has 1 aromatic rings. The summed E-state index contributed by atoms with van der Waals surface area (Å²) in [6, 6.07) is 1.30. The highest BCUT2D eigenvalue weighted by atomic mass is 16.6. The molecule has 0 atom stereocenters. The third-order valence-corrected chi connectivity index (χ3v) is 2.69. The summed E-state index contributed by atoms with van der Waals surface area (Å²) in [5.74, 6) is -0.286. The van der Waals surface area contributed by atoms with Gasteiger partial charge in [0, 0.05) is 25.7 Å². The maximum absolute atomic E-state index is 12.4. The SMILES string of the molecule is CCNc1cc(C(=O)N(CCO)CCO)c([N+](=O)[O-])cn1. The van der Waals surface area contributed by atoms with Crippen molar-refractivity contribution >= 4 is 17.4 Å². The van der Waals surface area contributed by atoms with E-state index in [1.165, 1.54) is 6.07 Å². The Morgan fingerprint density at radius 2 is 2.05 bits per heavy atom. The summed E-state index contributed by atoms with van der Waals surface area (Å²) in [4.78, 5) is 27.7. The number of nitrogens with zero attached hydrogens (tertiary/aromatic N) is 3. The Kier molecular flexibility index (Phi) is 6.50. The molecule has 0 bridgehead atoms. The second kappa shape index (κ2) is 8.12. The second-order valence-electron chi connectivity index (χ2n) is 4.11. The Labute approximate surface area is 121 Å². The molecule has 0 aromatic carbocycles. The molecule has 0 radical (unpaired) electrons. The van der Waals surface area contributed by atoms with Crippen molar-refractivity contribution in [1.82, 2.24) is 9.88 Å². The van der Waals surface area contributed by atoms with Gasteiger partial charge in [-0.05, 0) is 6.92 Å². The van der Waals surface area contributed by atoms with Crippen molar-refractivity contribution < 1.29 is 19.9 Å². The van der Waals surface area contributed by atoms with Gasteiger partial charge in [0.15, 0.2) is 0 Å². The second-order valence-corrected chi connectivity index (χ2v) is 4.11. The molecule has 1 aromatic heterocycles. The van der Waals surface area contributed by atoms with Gasteiger partial charge in [0.25, 0.3) is 11.6 Å². The van der Waals surface area contributed by atoms with Crippen molar-refractivity contribution in [2.45, 2.75) is 6.92 Å². The zero-order valence-corrected chi connectivity index (χ0v) is 11.7. The quantitative estimate of drug-likeness (QED) is 0.449. The summed E-state index contributed by atoms with van der Waals surface area (Å²) in [6.07, 6.45) is 1.02. The Balaban J connectivity index is 3.19. The number of rotatable bonds is 8. The molecule has 0 saturated carbocycles. The number of aliphatic hydroxyl groups excluding tert-OH is 2. The van der Waals surface area contributed by atoms with Gasteiger partial charge in [0.1, 0.15) is 17.6 Å². The van der Waals surface area contributed by atoms with Crippen LogP contribution in [-0.2, 0) is 0 Å². The molecule has 1 amide bonds. The number of carbonyl (C=O) groups is 1. The fourth-order valence-corrected chi connectivity index (χ4v) is 1.77. The third kappa shape index (κ3) is 4.36. The molecule has 0 fully saturated rings. The normalized spacial score (nSPS) is 10.2. The summed E-state index contributed by atoms with van der Waals surface area (Å²) in [5.41, 5.74) is -0.546. The van der Waals surface area contributed by atoms with Crippen LogP contribution in [0.4, 0.5) is 11.5 Å². The van der Waals surface area contributed by atoms with E-state index in [1.807, 2.05) is 6.92 Å². The number of aromatic nitrogens is 1. The van der Waals surface area contributed by atoms with E-state index in [1.54, 1.807) is 0 Å². The Bertz CT molecular complexity index is 502. The first-order valence-corrected chi connectivity index (χ1v) is 6.44. The molecule has 9 heteroatoms. The zero-order chi connectivity index (χ0) is 15.8. The molecule has 0 aliphatic rings. The van der Waals surface area contributed by atoms with Crippen LogP contribution in [0.25, 0.3) is 0 Å². The van der Waals surface area contributed by atoms with Crippen LogP contribution in [-0.4, -0.2) is 63.8 Å². The molecule has 21 heavy (non-hydrogen) atoms. The lowest BCUT2D eigenvalue weighted by Gasteiger charge is -2.20. The largest absolute Gasteiger partial charge is 0.395 e. The van der Waals surface area contributed by atoms with Crippen LogP contribution in [0.5, 0.6) is 0 Å². The molecule has 0 aliphatic heterocycles. The van der Waals surface area contributed by atoms with E-state index < -0.39 is 16.5 Å². The van der Waals surface area contributed by atoms with Crippen molar-refractivity contribution in [2.75, 3.05) is 38.2 Å². The number of nitrogens with one attached hydrogen (secondary N) is 1. The maximum atomic E-state index is 12.4. The summed E-state index contributed by atoms with van der Waals surface area (Å²) in [7, 11) is 0. The first-order valence-electron chi connectivity index (χ1n) is 6.44. The van der Waals surface area contributed by atoms with E-state index in [4.69, 9.17) is 10.2 Å². The average molecular weight is 298 g/mol. The fraction of sp³-hybridized carbons (Fsp3) is 0.500. The minimum absolute atomic E-state index is 0.0184. The number of nitro groups is 1. The lowest BCUT2D eigenvalue weighted by Crippen LogP contribution is -2.36. The molecular weight excluding hydrogens is 280 g/mol. The molecule has 0 saturated heterocycles. The topological polar surface area (TPSA) is 129 Å². The highest BCUT2D eigenvalue weighted by molar-refractivity contribution is 5.98. The number of hydrogen-bond acceptors (Lipinski definition) is 7. The Morgan fingerprint density at radius 1 is 1.43 bits per heavy atom. The van der Waals surface area contributed by atoms with Gasteiger partial charge >= 0.3 is 0 Å². The van der Waals surface area contributed by atoms with Gasteiger partial charge in [0.2, 0.25) is 0 Å². The van der Waals surface area contributed by atoms with E-state index in [-0.39, 0.29) is 31.9 Å². The van der Waals surface area contributed by atoms with Gasteiger partial charge in [-0.1, -0.05) is 0 Å². The van der Waals surface area contributed by atoms with E-state index in [0.29, 0.717) is 12.4 Å². The van der Waals surface area contributed by atoms with E-state index in [9.17, 15) is 14.9 Å². The molecule has 1 rings (SSSR count). The molecule has 0 aliphatic carbocycles. The van der Waals surface area contributed by atoms with Crippen molar-refractivity contribution in [2.24, 2.45) is 0 Å². The summed E-state index contributed by atoms with van der Waals surface area (Å²) in [6.45, 7) is 1.74. The fourth-order valence-electron chi connectivity index (χ4n) is 1.77. The third-order valence-electron chi connectivity index (χ3n) is 2.69. The van der Waals surface area contributed by atoms with Gasteiger partial charge in [0.05, 0.1) is 18.1 Å². The van der Waals surface area contributed by atoms with Crippen LogP contribution in [0.15, 0.2) is 12.3 Å². The standard InChI is InChI=1S/C12H18N4O5/c1-2-13-11-7-9(10(8-14-11)16(20)21)12(19)15(3-5-17)4-6-18/h7-8,17-18H,2-6H2,1H3,(H,13,14). The first-order chi connectivity index (χ1) is 10.0. The molecule has 1 heterocycles. The molecule has 9 nitrogen and oxygen atoms in total. The van der Waals surface area contributed by atoms with Crippen molar-refractivity contribution in [3.63, 3.8) is 0 Å². The van der Waals surface area contributed by atoms with Gasteiger partial charge in [-0.2, -0.15) is 0 Å². The highest BCUT2D eigenvalue weighted by Crippen LogP contribution is 2.22. The molecule has 0 unspecified atom stereocenters. The summed E-state index contributed by atoms with van der Waals surface area (Å²) in [5, 5.41) is 31.8. The van der Waals surface area contributed by atoms with Gasteiger partial charge < -0.3 is 20.4 Å². The Morgan fingerprint density at radius 3 is 2.52 bits per heavy atom. The van der Waals surface area contributed by atoms with Crippen molar-refractivity contribution in [3.05, 3.63) is 27.9 Å². The van der Waals surface area contributed by atoms with Crippen LogP contribution in [0.3, 0.4) is 0 Å². The summed E-state index contributed by atoms with van der Waals surface area (Å²) < 4.78 is 0. The van der Waals surface area contributed by atoms with Crippen LogP contribution >= 0.6 is 0 Å². The predicted octanol–water partition coefficient (Wildman–Crippen LogP) is -0.152. The molecular formula is C12H18N4O5. The number of pyridine rings is 1. The molecule has 116 valence electrons. The predicted molar refractivity (Wildman–Crippen MR) is 75.1 cm³/mol. The lowest BCUT2D eigenvalue weighted by atomic mass is 10.2. The van der Waals surface area contributed by atoms with Gasteiger partial charge in [-0.15, -0.1) is 0 Å². The van der Waals surface area contributed by atoms with Gasteiger partial charge in [-0.3, -0.25) is 14.9 Å². The van der Waals surface area contributed by atoms with Crippen molar-refractivity contribution in [1.29, 1.82) is 0 Å². The first kappa shape index (κ1) is 16.8. The number of carbonyl (C=O) groups excluding carboxylic acids is 1. The smallest absolute Gasteiger partial charge is 0.300 e. The number of anilines is 1. The van der Waals surface area contributed by atoms with Crippen LogP contribution in [0.1, 0.15) is 17.3 Å². The summed E-state index contributed by atoms with van der Waals surface area (Å²) >= 11 is 0. The van der Waals surface area contributed by atoms with E-state index in [2.05, 4.69) is 10.3 Å². The van der Waals surface area contributed by atoms with Gasteiger partial charge in [-0.25, -0.2) is 4.98 Å². The number of aliphatic hydroxyl groups is 2.